The van der Waals surface area contributed by atoms with Crippen LogP contribution in [0.3, 0.4) is 0 Å². The normalized spacial score (nSPS) is 21.8. The van der Waals surface area contributed by atoms with Gasteiger partial charge in [-0.25, -0.2) is 9.97 Å². The molecule has 0 N–H and O–H groups in total. The number of likely N-dealkylation sites (tertiary alicyclic amines) is 1. The molecular formula is C36H40N4O5. The molecule has 0 spiro atoms. The highest BCUT2D eigenvalue weighted by atomic mass is 16.5. The summed E-state index contributed by atoms with van der Waals surface area (Å²) in [5.74, 6) is 2.98. The maximum atomic E-state index is 12.4. The summed E-state index contributed by atoms with van der Waals surface area (Å²) >= 11 is 0. The van der Waals surface area contributed by atoms with Crippen LogP contribution in [-0.2, 0) is 29.2 Å². The lowest BCUT2D eigenvalue weighted by atomic mass is 9.88. The summed E-state index contributed by atoms with van der Waals surface area (Å²) in [4.78, 5) is 35.8. The van der Waals surface area contributed by atoms with Gasteiger partial charge in [-0.3, -0.25) is 14.5 Å². The van der Waals surface area contributed by atoms with Gasteiger partial charge in [-0.1, -0.05) is 18.2 Å². The van der Waals surface area contributed by atoms with Crippen LogP contribution in [0.25, 0.3) is 11.0 Å². The summed E-state index contributed by atoms with van der Waals surface area (Å²) in [5.41, 5.74) is 5.87. The van der Waals surface area contributed by atoms with Gasteiger partial charge in [0.05, 0.1) is 30.2 Å². The Kier molecular flexibility index (Phi) is 8.38. The predicted octanol–water partition coefficient (Wildman–Crippen LogP) is 6.00. The number of carbonyl (C=O) groups excluding carboxylic acids is 2. The maximum Gasteiger partial charge on any atom is 0.298 e. The number of imidazole rings is 1. The van der Waals surface area contributed by atoms with Crippen LogP contribution in [0.15, 0.2) is 54.6 Å². The number of pyridine rings is 1. The Morgan fingerprint density at radius 2 is 1.93 bits per heavy atom. The number of aryl methyl sites for hydroxylation is 1. The molecule has 3 fully saturated rings. The summed E-state index contributed by atoms with van der Waals surface area (Å²) in [7, 11) is 0. The van der Waals surface area contributed by atoms with Crippen molar-refractivity contribution < 1.29 is 23.8 Å². The van der Waals surface area contributed by atoms with Crippen LogP contribution in [0, 0.1) is 12.8 Å². The van der Waals surface area contributed by atoms with E-state index in [0.29, 0.717) is 36.7 Å². The number of rotatable bonds is 12. The lowest BCUT2D eigenvalue weighted by molar-refractivity contribution is -0.120. The first kappa shape index (κ1) is 29.6. The number of fused-ring (bicyclic) bond motifs is 1. The number of aromatic nitrogens is 3. The first-order valence-corrected chi connectivity index (χ1v) is 16.1. The molecule has 2 aromatic carbocycles. The van der Waals surface area contributed by atoms with Crippen molar-refractivity contribution in [2.24, 2.45) is 5.92 Å². The molecule has 4 aromatic rings. The molecule has 4 heterocycles. The van der Waals surface area contributed by atoms with Gasteiger partial charge in [-0.2, -0.15) is 0 Å². The molecule has 7 rings (SSSR count). The van der Waals surface area contributed by atoms with Gasteiger partial charge in [0.25, 0.3) is 6.47 Å². The Morgan fingerprint density at radius 1 is 1.07 bits per heavy atom. The molecule has 0 radical (unpaired) electrons. The van der Waals surface area contributed by atoms with E-state index in [2.05, 4.69) is 22.5 Å². The van der Waals surface area contributed by atoms with Gasteiger partial charge in [0, 0.05) is 47.9 Å². The molecule has 234 valence electrons. The quantitative estimate of drug-likeness (QED) is 0.143. The van der Waals surface area contributed by atoms with Gasteiger partial charge in [0.15, 0.2) is 5.78 Å². The number of benzene rings is 2. The first-order valence-electron chi connectivity index (χ1n) is 16.1. The first-order chi connectivity index (χ1) is 21.9. The third-order valence-corrected chi connectivity index (χ3v) is 9.63. The van der Waals surface area contributed by atoms with Crippen LogP contribution in [0.2, 0.25) is 0 Å². The smallest absolute Gasteiger partial charge is 0.298 e. The number of Topliss-reactive ketones (excluding diaryl/α,β-unsaturated/α-hetero) is 1. The minimum Gasteiger partial charge on any atom is -0.473 e. The highest BCUT2D eigenvalue weighted by Gasteiger charge is 2.31. The highest BCUT2D eigenvalue weighted by molar-refractivity contribution is 5.99. The predicted molar refractivity (Wildman–Crippen MR) is 169 cm³/mol. The Hall–Kier alpha value is -4.08. The second-order valence-electron chi connectivity index (χ2n) is 12.8. The molecule has 3 atom stereocenters. The number of carbonyl (C=O) groups is 2. The van der Waals surface area contributed by atoms with Crippen molar-refractivity contribution >= 4 is 23.3 Å². The Labute approximate surface area is 263 Å². The van der Waals surface area contributed by atoms with Crippen molar-refractivity contribution in [2.75, 3.05) is 13.2 Å². The molecule has 0 amide bonds. The van der Waals surface area contributed by atoms with Crippen LogP contribution in [0.5, 0.6) is 11.6 Å². The average Bonchev–Trinajstić information content (AvgIpc) is 3.82. The Morgan fingerprint density at radius 3 is 2.67 bits per heavy atom. The van der Waals surface area contributed by atoms with Crippen molar-refractivity contribution in [1.29, 1.82) is 0 Å². The van der Waals surface area contributed by atoms with Crippen LogP contribution in [-0.4, -0.2) is 57.0 Å². The minimum absolute atomic E-state index is 0.181. The standard InChI is InChI=1S/C36H40N4O5/c1-23-16-27(36(42)25-6-7-25)8-9-28(23)21-44-35-5-3-4-31(38-35)26-12-14-39(24(2)17-26)20-34-37-32-11-10-29(45-22-41)18-33(32)40(34)19-30-13-15-43-30/h3-5,8-11,16,18,22,24-26,30H,6-7,12-15,17,19-21H2,1-2H3/t24-,26?,30-/m0/s1. The molecule has 2 saturated heterocycles. The molecule has 9 heteroatoms. The summed E-state index contributed by atoms with van der Waals surface area (Å²) in [6, 6.07) is 17.9. The van der Waals surface area contributed by atoms with Crippen LogP contribution >= 0.6 is 0 Å². The van der Waals surface area contributed by atoms with E-state index in [1.807, 2.05) is 49.4 Å². The van der Waals surface area contributed by atoms with Crippen molar-refractivity contribution in [3.8, 4) is 11.6 Å². The van der Waals surface area contributed by atoms with E-state index in [9.17, 15) is 9.59 Å². The highest BCUT2D eigenvalue weighted by Crippen LogP contribution is 2.34. The minimum atomic E-state index is 0.181. The van der Waals surface area contributed by atoms with E-state index in [1.54, 1.807) is 6.07 Å². The van der Waals surface area contributed by atoms with Crippen LogP contribution in [0.1, 0.15) is 77.9 Å². The molecule has 45 heavy (non-hydrogen) atoms. The fraction of sp³-hybridized carbons (Fsp3) is 0.444. The molecule has 1 unspecified atom stereocenters. The van der Waals surface area contributed by atoms with Gasteiger partial charge in [0.2, 0.25) is 5.88 Å². The van der Waals surface area contributed by atoms with Crippen molar-refractivity contribution in [2.45, 2.75) is 83.7 Å². The zero-order chi connectivity index (χ0) is 30.9. The molecule has 1 saturated carbocycles. The molecule has 0 bridgehead atoms. The average molecular weight is 609 g/mol. The van der Waals surface area contributed by atoms with Crippen molar-refractivity contribution in [3.05, 3.63) is 82.8 Å². The van der Waals surface area contributed by atoms with E-state index in [1.165, 1.54) is 0 Å². The maximum absolute atomic E-state index is 12.4. The number of hydrogen-bond donors (Lipinski definition) is 0. The summed E-state index contributed by atoms with van der Waals surface area (Å²) in [6.45, 7) is 8.41. The van der Waals surface area contributed by atoms with E-state index < -0.39 is 0 Å². The second kappa shape index (κ2) is 12.7. The molecule has 3 aliphatic rings. The zero-order valence-electron chi connectivity index (χ0n) is 26.0. The molecule has 9 nitrogen and oxygen atoms in total. The summed E-state index contributed by atoms with van der Waals surface area (Å²) in [6.07, 6.45) is 5.25. The van der Waals surface area contributed by atoms with E-state index in [-0.39, 0.29) is 17.8 Å². The monoisotopic (exact) mass is 608 g/mol. The van der Waals surface area contributed by atoms with Gasteiger partial charge < -0.3 is 18.8 Å². The van der Waals surface area contributed by atoms with Gasteiger partial charge in [-0.15, -0.1) is 0 Å². The van der Waals surface area contributed by atoms with Gasteiger partial charge in [-0.05, 0) is 87.9 Å². The SMILES string of the molecule is Cc1cc(C(=O)C2CC2)ccc1COc1cccc(C2CCN(Cc3nc4ccc(OC=O)cc4n3C[C@@H]3CCO3)[C@@H](C)C2)n1. The third-order valence-electron chi connectivity index (χ3n) is 9.63. The summed E-state index contributed by atoms with van der Waals surface area (Å²) in [5, 5.41) is 0. The topological polar surface area (TPSA) is 95.8 Å². The fourth-order valence-electron chi connectivity index (χ4n) is 6.63. The Balaban J connectivity index is 0.999. The largest absolute Gasteiger partial charge is 0.473 e. The molecule has 2 aromatic heterocycles. The van der Waals surface area contributed by atoms with E-state index in [0.717, 1.165) is 97.6 Å². The van der Waals surface area contributed by atoms with Crippen molar-refractivity contribution in [1.82, 2.24) is 19.4 Å². The Bertz CT molecular complexity index is 1710. The number of nitrogens with zero attached hydrogens (tertiary/aromatic N) is 4. The van der Waals surface area contributed by atoms with E-state index >= 15 is 0 Å². The second-order valence-corrected chi connectivity index (χ2v) is 12.8. The van der Waals surface area contributed by atoms with Gasteiger partial charge >= 0.3 is 0 Å². The number of hydrogen-bond acceptors (Lipinski definition) is 8. The fourth-order valence-corrected chi connectivity index (χ4v) is 6.63. The lowest BCUT2D eigenvalue weighted by Gasteiger charge is -2.37. The number of ether oxygens (including phenoxy) is 3. The van der Waals surface area contributed by atoms with Crippen LogP contribution in [0.4, 0.5) is 0 Å². The molecule has 1 aliphatic carbocycles. The third kappa shape index (κ3) is 6.51. The van der Waals surface area contributed by atoms with Gasteiger partial charge in [0.1, 0.15) is 18.2 Å². The number of ketones is 1. The lowest BCUT2D eigenvalue weighted by Crippen LogP contribution is -2.40. The van der Waals surface area contributed by atoms with E-state index in [4.69, 9.17) is 24.2 Å². The zero-order valence-corrected chi connectivity index (χ0v) is 26.0. The van der Waals surface area contributed by atoms with Crippen molar-refractivity contribution in [3.63, 3.8) is 0 Å². The molecule has 2 aliphatic heterocycles. The number of piperidine rings is 1. The summed E-state index contributed by atoms with van der Waals surface area (Å²) < 4.78 is 19.3. The van der Waals surface area contributed by atoms with Crippen LogP contribution < -0.4 is 9.47 Å². The molecular weight excluding hydrogens is 568 g/mol.